The minimum Gasteiger partial charge on any atom is -0.282 e. The van der Waals surface area contributed by atoms with Gasteiger partial charge in [-0.1, -0.05) is 23.8 Å². The van der Waals surface area contributed by atoms with Crippen LogP contribution < -0.4 is 0 Å². The van der Waals surface area contributed by atoms with Crippen molar-refractivity contribution in [2.45, 2.75) is 32.6 Å². The number of aromatic nitrogens is 2. The predicted molar refractivity (Wildman–Crippen MR) is 97.8 cm³/mol. The molecular formula is C19H20N2O3S. The molecule has 0 aliphatic heterocycles. The first-order valence-electron chi connectivity index (χ1n) is 7.90. The van der Waals surface area contributed by atoms with Crippen LogP contribution in [0.25, 0.3) is 16.8 Å². The van der Waals surface area contributed by atoms with Gasteiger partial charge in [0.25, 0.3) is 10.1 Å². The molecule has 6 heteroatoms. The minimum atomic E-state index is -4.35. The number of nitrogens with zero attached hydrogens (tertiary/aromatic N) is 2. The molecule has 0 atom stereocenters. The van der Waals surface area contributed by atoms with Crippen molar-refractivity contribution in [1.82, 2.24) is 9.78 Å². The van der Waals surface area contributed by atoms with E-state index in [9.17, 15) is 13.0 Å². The Balaban J connectivity index is 2.41. The topological polar surface area (TPSA) is 72.2 Å². The third kappa shape index (κ3) is 3.23. The van der Waals surface area contributed by atoms with Gasteiger partial charge in [0.1, 0.15) is 4.90 Å². The second kappa shape index (κ2) is 6.13. The molecule has 1 N–H and O–H groups in total. The smallest absolute Gasteiger partial charge is 0.282 e. The van der Waals surface area contributed by atoms with E-state index < -0.39 is 10.1 Å². The summed E-state index contributed by atoms with van der Waals surface area (Å²) in [5, 5.41) is 4.53. The molecule has 0 saturated heterocycles. The molecule has 0 unspecified atom stereocenters. The molecule has 25 heavy (non-hydrogen) atoms. The highest BCUT2D eigenvalue weighted by molar-refractivity contribution is 7.86. The summed E-state index contributed by atoms with van der Waals surface area (Å²) >= 11 is 0. The highest BCUT2D eigenvalue weighted by atomic mass is 32.2. The van der Waals surface area contributed by atoms with Gasteiger partial charge in [0.15, 0.2) is 0 Å². The summed E-state index contributed by atoms with van der Waals surface area (Å²) in [7, 11) is -4.35. The highest BCUT2D eigenvalue weighted by Crippen LogP contribution is 2.35. The van der Waals surface area contributed by atoms with Crippen molar-refractivity contribution in [3.8, 4) is 16.8 Å². The molecular weight excluding hydrogens is 336 g/mol. The minimum absolute atomic E-state index is 0.102. The van der Waals surface area contributed by atoms with Gasteiger partial charge in [0.2, 0.25) is 0 Å². The fourth-order valence-corrected chi connectivity index (χ4v) is 3.79. The summed E-state index contributed by atoms with van der Waals surface area (Å²) in [5.74, 6) is 0. The maximum Gasteiger partial charge on any atom is 0.295 e. The van der Waals surface area contributed by atoms with E-state index in [2.05, 4.69) is 5.10 Å². The van der Waals surface area contributed by atoms with Crippen molar-refractivity contribution in [3.05, 3.63) is 65.0 Å². The number of rotatable bonds is 3. The van der Waals surface area contributed by atoms with Crippen molar-refractivity contribution >= 4 is 10.1 Å². The van der Waals surface area contributed by atoms with Gasteiger partial charge in [-0.25, -0.2) is 4.68 Å². The van der Waals surface area contributed by atoms with Crippen LogP contribution in [0.5, 0.6) is 0 Å². The zero-order valence-electron chi connectivity index (χ0n) is 14.6. The lowest BCUT2D eigenvalue weighted by Crippen LogP contribution is -2.06. The number of benzene rings is 2. The third-order valence-electron chi connectivity index (χ3n) is 4.17. The Kier molecular flexibility index (Phi) is 4.26. The second-order valence-electron chi connectivity index (χ2n) is 6.28. The number of hydrogen-bond acceptors (Lipinski definition) is 3. The Morgan fingerprint density at radius 2 is 1.72 bits per heavy atom. The molecule has 1 aromatic heterocycles. The van der Waals surface area contributed by atoms with Crippen molar-refractivity contribution in [1.29, 1.82) is 0 Å². The number of aryl methyl sites for hydroxylation is 4. The molecule has 3 rings (SSSR count). The Morgan fingerprint density at radius 1 is 1.00 bits per heavy atom. The lowest BCUT2D eigenvalue weighted by molar-refractivity contribution is 0.483. The van der Waals surface area contributed by atoms with Crippen LogP contribution >= 0.6 is 0 Å². The average molecular weight is 356 g/mol. The lowest BCUT2D eigenvalue weighted by atomic mass is 9.97. The van der Waals surface area contributed by atoms with Crippen LogP contribution in [0.3, 0.4) is 0 Å². The second-order valence-corrected chi connectivity index (χ2v) is 7.67. The molecule has 0 saturated carbocycles. The zero-order valence-corrected chi connectivity index (χ0v) is 15.4. The Morgan fingerprint density at radius 3 is 2.32 bits per heavy atom. The largest absolute Gasteiger partial charge is 0.295 e. The van der Waals surface area contributed by atoms with Gasteiger partial charge >= 0.3 is 0 Å². The highest BCUT2D eigenvalue weighted by Gasteiger charge is 2.21. The van der Waals surface area contributed by atoms with Crippen LogP contribution in [0.1, 0.15) is 22.5 Å². The fraction of sp³-hybridized carbons (Fsp3) is 0.211. The molecule has 0 fully saturated rings. The Labute approximate surface area is 147 Å². The molecule has 0 aliphatic rings. The summed E-state index contributed by atoms with van der Waals surface area (Å²) in [6.07, 6.45) is 0. The first-order valence-corrected chi connectivity index (χ1v) is 9.34. The van der Waals surface area contributed by atoms with Crippen molar-refractivity contribution in [3.63, 3.8) is 0 Å². The van der Waals surface area contributed by atoms with Gasteiger partial charge in [-0.15, -0.1) is 0 Å². The van der Waals surface area contributed by atoms with E-state index in [0.29, 0.717) is 5.56 Å². The maximum absolute atomic E-state index is 11.9. The molecule has 0 bridgehead atoms. The summed E-state index contributed by atoms with van der Waals surface area (Å²) in [4.78, 5) is -0.102. The van der Waals surface area contributed by atoms with Crippen LogP contribution in [-0.4, -0.2) is 22.8 Å². The molecule has 130 valence electrons. The SMILES string of the molecule is Cc1ccc(S(=O)(=O)O)c(-c2c(C)cccc2-n2nc(C)cc2C)c1. The molecule has 5 nitrogen and oxygen atoms in total. The van der Waals surface area contributed by atoms with E-state index in [0.717, 1.165) is 33.8 Å². The normalized spacial score (nSPS) is 11.7. The lowest BCUT2D eigenvalue weighted by Gasteiger charge is -2.17. The summed E-state index contributed by atoms with van der Waals surface area (Å²) in [6.45, 7) is 7.67. The van der Waals surface area contributed by atoms with E-state index in [1.165, 1.54) is 6.07 Å². The van der Waals surface area contributed by atoms with E-state index >= 15 is 0 Å². The summed E-state index contributed by atoms with van der Waals surface area (Å²) in [5.41, 5.74) is 5.63. The molecule has 0 radical (unpaired) electrons. The molecule has 0 aliphatic carbocycles. The van der Waals surface area contributed by atoms with Crippen molar-refractivity contribution < 1.29 is 13.0 Å². The van der Waals surface area contributed by atoms with E-state index in [1.54, 1.807) is 16.8 Å². The van der Waals surface area contributed by atoms with Gasteiger partial charge in [-0.05, 0) is 57.5 Å². The quantitative estimate of drug-likeness (QED) is 0.720. The monoisotopic (exact) mass is 356 g/mol. The van der Waals surface area contributed by atoms with Crippen LogP contribution in [0.2, 0.25) is 0 Å². The van der Waals surface area contributed by atoms with Gasteiger partial charge in [0, 0.05) is 16.8 Å². The number of hydrogen-bond donors (Lipinski definition) is 1. The van der Waals surface area contributed by atoms with Gasteiger partial charge in [-0.3, -0.25) is 4.55 Å². The molecule has 0 amide bonds. The van der Waals surface area contributed by atoms with Crippen LogP contribution in [0.15, 0.2) is 47.4 Å². The summed E-state index contributed by atoms with van der Waals surface area (Å²) in [6, 6.07) is 12.6. The Bertz CT molecular complexity index is 1070. The molecule has 1 heterocycles. The van der Waals surface area contributed by atoms with Crippen LogP contribution in [-0.2, 0) is 10.1 Å². The first kappa shape index (κ1) is 17.4. The summed E-state index contributed by atoms with van der Waals surface area (Å²) < 4.78 is 35.3. The maximum atomic E-state index is 11.9. The van der Waals surface area contributed by atoms with E-state index in [-0.39, 0.29) is 4.90 Å². The zero-order chi connectivity index (χ0) is 18.4. The van der Waals surface area contributed by atoms with Crippen molar-refractivity contribution in [2.24, 2.45) is 0 Å². The standard InChI is InChI=1S/C19H20N2O3S/c1-12-8-9-18(25(22,23)24)16(10-12)19-13(2)6-5-7-17(19)21-15(4)11-14(3)20-21/h5-11H,1-4H3,(H,22,23,24). The molecule has 0 spiro atoms. The fourth-order valence-electron chi connectivity index (χ4n) is 3.12. The average Bonchev–Trinajstić information content (AvgIpc) is 2.84. The first-order chi connectivity index (χ1) is 11.7. The van der Waals surface area contributed by atoms with E-state index in [4.69, 9.17) is 0 Å². The molecule has 2 aromatic carbocycles. The predicted octanol–water partition coefficient (Wildman–Crippen LogP) is 4.02. The molecule has 3 aromatic rings. The van der Waals surface area contributed by atoms with E-state index in [1.807, 2.05) is 52.0 Å². The third-order valence-corrected chi connectivity index (χ3v) is 5.08. The van der Waals surface area contributed by atoms with Crippen LogP contribution in [0.4, 0.5) is 0 Å². The van der Waals surface area contributed by atoms with Gasteiger partial charge in [0.05, 0.1) is 11.4 Å². The van der Waals surface area contributed by atoms with Gasteiger partial charge in [-0.2, -0.15) is 13.5 Å². The van der Waals surface area contributed by atoms with Gasteiger partial charge < -0.3 is 0 Å². The Hall–Kier alpha value is -2.44. The van der Waals surface area contributed by atoms with Crippen molar-refractivity contribution in [2.75, 3.05) is 0 Å². The van der Waals surface area contributed by atoms with Crippen LogP contribution in [0, 0.1) is 27.7 Å².